The molecule has 1 aromatic carbocycles. The van der Waals surface area contributed by atoms with E-state index >= 15 is 0 Å². The number of benzene rings is 1. The van der Waals surface area contributed by atoms with Crippen molar-refractivity contribution in [2.24, 2.45) is 0 Å². The molecule has 0 aliphatic carbocycles. The number of nitrogens with zero attached hydrogens (tertiary/aromatic N) is 4. The molecule has 0 aliphatic rings. The summed E-state index contributed by atoms with van der Waals surface area (Å²) in [5.41, 5.74) is -0.498. The van der Waals surface area contributed by atoms with E-state index < -0.39 is 11.7 Å². The summed E-state index contributed by atoms with van der Waals surface area (Å²) in [7, 11) is 0. The van der Waals surface area contributed by atoms with Gasteiger partial charge in [0, 0.05) is 5.56 Å². The molecule has 0 saturated carbocycles. The second-order valence-corrected chi connectivity index (χ2v) is 7.65. The molecule has 0 aliphatic heterocycles. The highest BCUT2D eigenvalue weighted by molar-refractivity contribution is 8.01. The van der Waals surface area contributed by atoms with Gasteiger partial charge in [-0.05, 0) is 26.0 Å². The molecule has 0 N–H and O–H groups in total. The lowest BCUT2D eigenvalue weighted by atomic mass is 10.1. The maximum atomic E-state index is 12.8. The van der Waals surface area contributed by atoms with Gasteiger partial charge >= 0.3 is 6.18 Å². The minimum atomic E-state index is -4.42. The molecule has 3 aromatic rings. The van der Waals surface area contributed by atoms with Gasteiger partial charge in [-0.25, -0.2) is 0 Å². The Morgan fingerprint density at radius 3 is 2.71 bits per heavy atom. The Morgan fingerprint density at radius 1 is 1.25 bits per heavy atom. The van der Waals surface area contributed by atoms with Gasteiger partial charge in [0.2, 0.25) is 11.7 Å². The first-order valence-corrected chi connectivity index (χ1v) is 8.50. The lowest BCUT2D eigenvalue weighted by Crippen LogP contribution is -2.04. The molecule has 0 fully saturated rings. The van der Waals surface area contributed by atoms with Crippen LogP contribution in [-0.2, 0) is 6.18 Å². The first-order chi connectivity index (χ1) is 11.3. The fourth-order valence-electron chi connectivity index (χ4n) is 1.88. The van der Waals surface area contributed by atoms with Crippen molar-refractivity contribution in [2.45, 2.75) is 29.6 Å². The number of rotatable bonds is 4. The maximum absolute atomic E-state index is 12.8. The fourth-order valence-corrected chi connectivity index (χ4v) is 3.87. The monoisotopic (exact) mass is 372 g/mol. The summed E-state index contributed by atoms with van der Waals surface area (Å²) < 4.78 is 44.3. The predicted molar refractivity (Wildman–Crippen MR) is 83.7 cm³/mol. The summed E-state index contributed by atoms with van der Waals surface area (Å²) >= 11 is 2.85. The summed E-state index contributed by atoms with van der Waals surface area (Å²) in [6.07, 6.45) is -4.42. The molecule has 1 atom stereocenters. The quantitative estimate of drug-likeness (QED) is 0.615. The van der Waals surface area contributed by atoms with Crippen molar-refractivity contribution < 1.29 is 17.7 Å². The number of hydrogen-bond acceptors (Lipinski definition) is 7. The molecule has 126 valence electrons. The van der Waals surface area contributed by atoms with Crippen molar-refractivity contribution in [2.75, 3.05) is 0 Å². The Kier molecular flexibility index (Phi) is 4.59. The maximum Gasteiger partial charge on any atom is 0.416 e. The zero-order valence-corrected chi connectivity index (χ0v) is 14.2. The Morgan fingerprint density at radius 2 is 2.04 bits per heavy atom. The standard InChI is InChI=1S/C14H11F3N4OS2/c1-7(23-13-20-19-8(2)24-13)12-18-11(21-22-12)9-4-3-5-10(6-9)14(15,16)17/h3-7H,1-2H3/t7-/m0/s1. The lowest BCUT2D eigenvalue weighted by molar-refractivity contribution is -0.137. The molecule has 0 bridgehead atoms. The smallest absolute Gasteiger partial charge is 0.338 e. The van der Waals surface area contributed by atoms with Crippen LogP contribution in [0.2, 0.25) is 0 Å². The van der Waals surface area contributed by atoms with Gasteiger partial charge in [0.15, 0.2) is 4.34 Å². The van der Waals surface area contributed by atoms with E-state index in [4.69, 9.17) is 4.52 Å². The number of thioether (sulfide) groups is 1. The summed E-state index contributed by atoms with van der Waals surface area (Å²) in [5, 5.41) is 12.4. The predicted octanol–water partition coefficient (Wildman–Crippen LogP) is 4.77. The molecule has 0 radical (unpaired) electrons. The van der Waals surface area contributed by atoms with Crippen LogP contribution in [0.4, 0.5) is 13.2 Å². The van der Waals surface area contributed by atoms with E-state index in [1.807, 2.05) is 13.8 Å². The minimum Gasteiger partial charge on any atom is -0.338 e. The number of halogens is 3. The molecular formula is C14H11F3N4OS2. The van der Waals surface area contributed by atoms with Crippen LogP contribution in [-0.4, -0.2) is 20.3 Å². The van der Waals surface area contributed by atoms with Gasteiger partial charge in [-0.2, -0.15) is 18.2 Å². The van der Waals surface area contributed by atoms with E-state index in [-0.39, 0.29) is 16.6 Å². The fraction of sp³-hybridized carbons (Fsp3) is 0.286. The summed E-state index contributed by atoms with van der Waals surface area (Å²) in [4.78, 5) is 4.20. The van der Waals surface area contributed by atoms with E-state index in [9.17, 15) is 13.2 Å². The van der Waals surface area contributed by atoms with E-state index in [1.54, 1.807) is 0 Å². The summed E-state index contributed by atoms with van der Waals surface area (Å²) in [5.74, 6) is 0.442. The minimum absolute atomic E-state index is 0.122. The van der Waals surface area contributed by atoms with Crippen molar-refractivity contribution in [1.82, 2.24) is 20.3 Å². The first kappa shape index (κ1) is 16.9. The molecule has 0 saturated heterocycles. The Bertz CT molecular complexity index is 846. The molecule has 2 aromatic heterocycles. The van der Waals surface area contributed by atoms with Crippen LogP contribution in [0.5, 0.6) is 0 Å². The third-order valence-electron chi connectivity index (χ3n) is 3.02. The second-order valence-electron chi connectivity index (χ2n) is 4.88. The zero-order chi connectivity index (χ0) is 17.3. The third-order valence-corrected chi connectivity index (χ3v) is 5.03. The van der Waals surface area contributed by atoms with Gasteiger partial charge in [-0.3, -0.25) is 0 Å². The van der Waals surface area contributed by atoms with Crippen molar-refractivity contribution in [3.8, 4) is 11.4 Å². The molecular weight excluding hydrogens is 361 g/mol. The van der Waals surface area contributed by atoms with E-state index in [0.717, 1.165) is 21.5 Å². The number of aromatic nitrogens is 4. The van der Waals surface area contributed by atoms with E-state index in [1.165, 1.54) is 35.2 Å². The van der Waals surface area contributed by atoms with Gasteiger partial charge in [0.1, 0.15) is 5.01 Å². The van der Waals surface area contributed by atoms with Crippen molar-refractivity contribution in [3.05, 3.63) is 40.7 Å². The van der Waals surface area contributed by atoms with Gasteiger partial charge in [-0.1, -0.05) is 40.4 Å². The van der Waals surface area contributed by atoms with Crippen molar-refractivity contribution in [3.63, 3.8) is 0 Å². The molecule has 24 heavy (non-hydrogen) atoms. The number of hydrogen-bond donors (Lipinski definition) is 0. The van der Waals surface area contributed by atoms with Crippen LogP contribution < -0.4 is 0 Å². The van der Waals surface area contributed by atoms with Crippen molar-refractivity contribution >= 4 is 23.1 Å². The topological polar surface area (TPSA) is 64.7 Å². The Labute approximate surface area is 143 Å². The van der Waals surface area contributed by atoms with Gasteiger partial charge in [0.25, 0.3) is 0 Å². The molecule has 0 spiro atoms. The summed E-state index contributed by atoms with van der Waals surface area (Å²) in [6.45, 7) is 3.70. The average Bonchev–Trinajstić information content (AvgIpc) is 3.16. The molecule has 0 unspecified atom stereocenters. The molecule has 0 amide bonds. The largest absolute Gasteiger partial charge is 0.416 e. The number of alkyl halides is 3. The van der Waals surface area contributed by atoms with Gasteiger partial charge < -0.3 is 4.52 Å². The highest BCUT2D eigenvalue weighted by atomic mass is 32.2. The van der Waals surface area contributed by atoms with Crippen molar-refractivity contribution in [1.29, 1.82) is 0 Å². The molecule has 2 heterocycles. The van der Waals surface area contributed by atoms with Gasteiger partial charge in [0.05, 0.1) is 10.8 Å². The highest BCUT2D eigenvalue weighted by Gasteiger charge is 2.31. The molecule has 10 heteroatoms. The van der Waals surface area contributed by atoms with Crippen LogP contribution in [0.3, 0.4) is 0 Å². The highest BCUT2D eigenvalue weighted by Crippen LogP contribution is 2.36. The van der Waals surface area contributed by atoms with E-state index in [2.05, 4.69) is 20.3 Å². The Balaban J connectivity index is 1.80. The summed E-state index contributed by atoms with van der Waals surface area (Å²) in [6, 6.07) is 4.83. The second kappa shape index (κ2) is 6.52. The number of aryl methyl sites for hydroxylation is 1. The van der Waals surface area contributed by atoms with Crippen LogP contribution >= 0.6 is 23.1 Å². The third kappa shape index (κ3) is 3.75. The first-order valence-electron chi connectivity index (χ1n) is 6.81. The van der Waals surface area contributed by atoms with Crippen LogP contribution in [0.1, 0.15) is 28.6 Å². The zero-order valence-electron chi connectivity index (χ0n) is 12.5. The van der Waals surface area contributed by atoms with E-state index in [0.29, 0.717) is 5.89 Å². The normalized spacial score (nSPS) is 13.2. The molecule has 3 rings (SSSR count). The van der Waals surface area contributed by atoms with Gasteiger partial charge in [-0.15, -0.1) is 10.2 Å². The van der Waals surface area contributed by atoms with Crippen LogP contribution in [0.25, 0.3) is 11.4 Å². The SMILES string of the molecule is Cc1nnc(S[C@@H](C)c2nc(-c3cccc(C(F)(F)F)c3)no2)s1. The average molecular weight is 372 g/mol. The Hall–Kier alpha value is -1.94. The van der Waals surface area contributed by atoms with Crippen LogP contribution in [0, 0.1) is 6.92 Å². The molecule has 5 nitrogen and oxygen atoms in total. The lowest BCUT2D eigenvalue weighted by Gasteiger charge is -2.06. The van der Waals surface area contributed by atoms with Crippen LogP contribution in [0.15, 0.2) is 33.1 Å².